The van der Waals surface area contributed by atoms with Crippen molar-refractivity contribution in [2.45, 2.75) is 32.2 Å². The molecule has 1 spiro atoms. The number of piperidine rings is 1. The topological polar surface area (TPSA) is 38.0 Å². The second-order valence-corrected chi connectivity index (χ2v) is 4.31. The van der Waals surface area contributed by atoms with Crippen LogP contribution in [0.3, 0.4) is 0 Å². The van der Waals surface area contributed by atoms with E-state index in [0.29, 0.717) is 11.5 Å². The fraction of sp³-hybridized carbons (Fsp3) is 1.00. The highest BCUT2D eigenvalue weighted by Crippen LogP contribution is 2.57. The second-order valence-electron chi connectivity index (χ2n) is 4.31. The Morgan fingerprint density at radius 2 is 2.45 bits per heavy atom. The molecule has 0 amide bonds. The summed E-state index contributed by atoms with van der Waals surface area (Å²) < 4.78 is 0. The van der Waals surface area contributed by atoms with Crippen molar-refractivity contribution in [3.05, 3.63) is 0 Å². The summed E-state index contributed by atoms with van der Waals surface area (Å²) in [6, 6.07) is 0.412. The zero-order chi connectivity index (χ0) is 7.90. The fourth-order valence-electron chi connectivity index (χ4n) is 2.60. The smallest absolute Gasteiger partial charge is 0.00447 e. The van der Waals surface area contributed by atoms with Crippen LogP contribution in [0.1, 0.15) is 26.2 Å². The molecule has 2 nitrogen and oxygen atoms in total. The first-order valence-corrected chi connectivity index (χ1v) is 4.71. The van der Waals surface area contributed by atoms with Crippen LogP contribution in [0.15, 0.2) is 0 Å². The summed E-state index contributed by atoms with van der Waals surface area (Å²) in [6.45, 7) is 4.58. The fourth-order valence-corrected chi connectivity index (χ4v) is 2.60. The van der Waals surface area contributed by atoms with Gasteiger partial charge in [0.1, 0.15) is 0 Å². The summed E-state index contributed by atoms with van der Waals surface area (Å²) in [4.78, 5) is 0. The minimum absolute atomic E-state index is 0.412. The SMILES string of the molecule is CC(N)C1CC12CCCNC2. The summed E-state index contributed by atoms with van der Waals surface area (Å²) in [5.74, 6) is 0.815. The van der Waals surface area contributed by atoms with Crippen LogP contribution in [-0.2, 0) is 0 Å². The molecule has 3 N–H and O–H groups in total. The van der Waals surface area contributed by atoms with E-state index in [4.69, 9.17) is 5.73 Å². The Morgan fingerprint density at radius 1 is 1.64 bits per heavy atom. The first-order valence-electron chi connectivity index (χ1n) is 4.71. The molecule has 1 saturated heterocycles. The van der Waals surface area contributed by atoms with Gasteiger partial charge in [0.25, 0.3) is 0 Å². The Hall–Kier alpha value is -0.0800. The normalized spacial score (nSPS) is 45.8. The summed E-state index contributed by atoms with van der Waals surface area (Å²) >= 11 is 0. The van der Waals surface area contributed by atoms with Gasteiger partial charge in [0.2, 0.25) is 0 Å². The van der Waals surface area contributed by atoms with Crippen LogP contribution in [-0.4, -0.2) is 19.1 Å². The van der Waals surface area contributed by atoms with Crippen molar-refractivity contribution in [3.63, 3.8) is 0 Å². The quantitative estimate of drug-likeness (QED) is 0.584. The van der Waals surface area contributed by atoms with E-state index in [9.17, 15) is 0 Å². The Kier molecular flexibility index (Phi) is 1.69. The molecule has 0 radical (unpaired) electrons. The Bertz CT molecular complexity index is 148. The molecular formula is C9H18N2. The van der Waals surface area contributed by atoms with E-state index < -0.39 is 0 Å². The maximum Gasteiger partial charge on any atom is 0.00447 e. The highest BCUT2D eigenvalue weighted by molar-refractivity contribution is 5.07. The van der Waals surface area contributed by atoms with Crippen molar-refractivity contribution in [2.24, 2.45) is 17.1 Å². The van der Waals surface area contributed by atoms with Gasteiger partial charge in [-0.1, -0.05) is 0 Å². The standard InChI is InChI=1S/C9H18N2/c1-7(10)8-5-9(8)3-2-4-11-6-9/h7-8,11H,2-6,10H2,1H3. The number of nitrogens with one attached hydrogen (secondary N) is 1. The molecule has 11 heavy (non-hydrogen) atoms. The molecule has 0 aromatic heterocycles. The van der Waals surface area contributed by atoms with Crippen molar-refractivity contribution >= 4 is 0 Å². The first kappa shape index (κ1) is 7.56. The van der Waals surface area contributed by atoms with Gasteiger partial charge >= 0.3 is 0 Å². The first-order chi connectivity index (χ1) is 5.25. The molecule has 1 saturated carbocycles. The number of rotatable bonds is 1. The molecule has 2 heteroatoms. The summed E-state index contributed by atoms with van der Waals surface area (Å²) in [5.41, 5.74) is 6.51. The number of hydrogen-bond acceptors (Lipinski definition) is 2. The molecule has 64 valence electrons. The number of nitrogens with two attached hydrogens (primary N) is 1. The van der Waals surface area contributed by atoms with Crippen LogP contribution in [0.2, 0.25) is 0 Å². The summed E-state index contributed by atoms with van der Waals surface area (Å²) in [5, 5.41) is 3.47. The molecule has 2 fully saturated rings. The van der Waals surface area contributed by atoms with Crippen molar-refractivity contribution in [1.29, 1.82) is 0 Å². The Labute approximate surface area is 68.5 Å². The molecule has 2 rings (SSSR count). The zero-order valence-corrected chi connectivity index (χ0v) is 7.27. The van der Waals surface area contributed by atoms with E-state index in [1.807, 2.05) is 0 Å². The summed E-state index contributed by atoms with van der Waals surface area (Å²) in [6.07, 6.45) is 4.13. The van der Waals surface area contributed by atoms with Crippen LogP contribution >= 0.6 is 0 Å². The van der Waals surface area contributed by atoms with Gasteiger partial charge in [-0.05, 0) is 44.1 Å². The van der Waals surface area contributed by atoms with Crippen LogP contribution in [0.4, 0.5) is 0 Å². The maximum absolute atomic E-state index is 5.88. The average Bonchev–Trinajstić information content (AvgIpc) is 2.66. The largest absolute Gasteiger partial charge is 0.328 e. The molecule has 1 aliphatic carbocycles. The monoisotopic (exact) mass is 154 g/mol. The van der Waals surface area contributed by atoms with Gasteiger partial charge in [0, 0.05) is 12.6 Å². The van der Waals surface area contributed by atoms with E-state index in [0.717, 1.165) is 5.92 Å². The van der Waals surface area contributed by atoms with Gasteiger partial charge in [-0.3, -0.25) is 0 Å². The lowest BCUT2D eigenvalue weighted by atomic mass is 9.92. The third-order valence-corrected chi connectivity index (χ3v) is 3.39. The highest BCUT2D eigenvalue weighted by atomic mass is 14.9. The molecule has 3 unspecified atom stereocenters. The summed E-state index contributed by atoms with van der Waals surface area (Å²) in [7, 11) is 0. The molecule has 1 heterocycles. The Balaban J connectivity index is 1.93. The van der Waals surface area contributed by atoms with Gasteiger partial charge in [0.05, 0.1) is 0 Å². The van der Waals surface area contributed by atoms with Crippen molar-refractivity contribution < 1.29 is 0 Å². The van der Waals surface area contributed by atoms with Crippen molar-refractivity contribution in [1.82, 2.24) is 5.32 Å². The number of hydrogen-bond donors (Lipinski definition) is 2. The zero-order valence-electron chi connectivity index (χ0n) is 7.27. The molecule has 0 bridgehead atoms. The van der Waals surface area contributed by atoms with Gasteiger partial charge < -0.3 is 11.1 Å². The van der Waals surface area contributed by atoms with E-state index >= 15 is 0 Å². The predicted molar refractivity (Wildman–Crippen MR) is 46.3 cm³/mol. The van der Waals surface area contributed by atoms with Gasteiger partial charge in [0.15, 0.2) is 0 Å². The molecule has 0 aromatic carbocycles. The van der Waals surface area contributed by atoms with Gasteiger partial charge in [-0.2, -0.15) is 0 Å². The predicted octanol–water partition coefficient (Wildman–Crippen LogP) is 0.723. The lowest BCUT2D eigenvalue weighted by Crippen LogP contribution is -2.35. The van der Waals surface area contributed by atoms with Crippen molar-refractivity contribution in [2.75, 3.05) is 13.1 Å². The van der Waals surface area contributed by atoms with E-state index in [1.165, 1.54) is 32.4 Å². The minimum Gasteiger partial charge on any atom is -0.328 e. The maximum atomic E-state index is 5.88. The van der Waals surface area contributed by atoms with E-state index in [1.54, 1.807) is 0 Å². The average molecular weight is 154 g/mol. The minimum atomic E-state index is 0.412. The molecular weight excluding hydrogens is 136 g/mol. The molecule has 0 aromatic rings. The lowest BCUT2D eigenvalue weighted by Gasteiger charge is -2.24. The van der Waals surface area contributed by atoms with E-state index in [2.05, 4.69) is 12.2 Å². The molecule has 1 aliphatic heterocycles. The third kappa shape index (κ3) is 1.18. The third-order valence-electron chi connectivity index (χ3n) is 3.39. The van der Waals surface area contributed by atoms with Crippen LogP contribution < -0.4 is 11.1 Å². The van der Waals surface area contributed by atoms with Crippen LogP contribution in [0.5, 0.6) is 0 Å². The Morgan fingerprint density at radius 3 is 2.91 bits per heavy atom. The second kappa shape index (κ2) is 2.46. The van der Waals surface area contributed by atoms with Gasteiger partial charge in [-0.15, -0.1) is 0 Å². The van der Waals surface area contributed by atoms with Crippen LogP contribution in [0.25, 0.3) is 0 Å². The molecule has 3 atom stereocenters. The van der Waals surface area contributed by atoms with Gasteiger partial charge in [-0.25, -0.2) is 0 Å². The van der Waals surface area contributed by atoms with Crippen LogP contribution in [0, 0.1) is 11.3 Å². The lowest BCUT2D eigenvalue weighted by molar-refractivity contribution is 0.315. The highest BCUT2D eigenvalue weighted by Gasteiger charge is 2.55. The molecule has 2 aliphatic rings. The van der Waals surface area contributed by atoms with E-state index in [-0.39, 0.29) is 0 Å². The van der Waals surface area contributed by atoms with Crippen molar-refractivity contribution in [3.8, 4) is 0 Å².